The van der Waals surface area contributed by atoms with Crippen molar-refractivity contribution in [2.75, 3.05) is 7.11 Å². The number of aryl methyl sites for hydroxylation is 1. The van der Waals surface area contributed by atoms with Gasteiger partial charge in [-0.1, -0.05) is 57.3 Å². The fourth-order valence-corrected chi connectivity index (χ4v) is 3.00. The summed E-state index contributed by atoms with van der Waals surface area (Å²) in [5.41, 5.74) is 3.45. The number of benzene rings is 2. The molecule has 1 atom stereocenters. The van der Waals surface area contributed by atoms with E-state index in [1.54, 1.807) is 7.11 Å². The van der Waals surface area contributed by atoms with Crippen molar-refractivity contribution in [3.8, 4) is 5.75 Å². The molecule has 4 heteroatoms. The van der Waals surface area contributed by atoms with Crippen LogP contribution in [0, 0.1) is 6.92 Å². The maximum atomic E-state index is 6.04. The highest BCUT2D eigenvalue weighted by Gasteiger charge is 2.11. The Kier molecular flexibility index (Phi) is 5.36. The number of rotatable bonds is 4. The maximum absolute atomic E-state index is 6.04. The molecule has 0 fully saturated rings. The first kappa shape index (κ1) is 15.7. The summed E-state index contributed by atoms with van der Waals surface area (Å²) in [5.74, 6) is 0.904. The van der Waals surface area contributed by atoms with Gasteiger partial charge in [-0.25, -0.2) is 0 Å². The summed E-state index contributed by atoms with van der Waals surface area (Å²) in [6.07, 6.45) is 0.836. The minimum Gasteiger partial charge on any atom is -0.496 e. The lowest BCUT2D eigenvalue weighted by molar-refractivity contribution is 0.411. The lowest BCUT2D eigenvalue weighted by atomic mass is 10.0. The van der Waals surface area contributed by atoms with Crippen LogP contribution < -0.4 is 4.74 Å². The van der Waals surface area contributed by atoms with Gasteiger partial charge >= 0.3 is 0 Å². The van der Waals surface area contributed by atoms with Gasteiger partial charge in [-0.15, -0.1) is 0 Å². The molecular formula is C16H15BrCl2O. The zero-order valence-electron chi connectivity index (χ0n) is 11.3. The molecule has 20 heavy (non-hydrogen) atoms. The monoisotopic (exact) mass is 372 g/mol. The van der Waals surface area contributed by atoms with Gasteiger partial charge in [0.1, 0.15) is 5.75 Å². The molecule has 0 saturated carbocycles. The summed E-state index contributed by atoms with van der Waals surface area (Å²) in [6, 6.07) is 12.0. The molecule has 0 N–H and O–H groups in total. The fraction of sp³-hybridized carbons (Fsp3) is 0.250. The van der Waals surface area contributed by atoms with Crippen LogP contribution >= 0.6 is 39.1 Å². The van der Waals surface area contributed by atoms with E-state index in [1.807, 2.05) is 25.1 Å². The first-order valence-electron chi connectivity index (χ1n) is 6.24. The Labute approximate surface area is 138 Å². The smallest absolute Gasteiger partial charge is 0.122 e. The quantitative estimate of drug-likeness (QED) is 0.598. The first-order chi connectivity index (χ1) is 9.51. The molecule has 0 radical (unpaired) electrons. The molecule has 0 saturated heterocycles. The van der Waals surface area contributed by atoms with Crippen molar-refractivity contribution in [3.05, 3.63) is 63.1 Å². The van der Waals surface area contributed by atoms with Gasteiger partial charge in [0, 0.05) is 4.83 Å². The first-order valence-corrected chi connectivity index (χ1v) is 7.91. The molecule has 1 unspecified atom stereocenters. The highest BCUT2D eigenvalue weighted by molar-refractivity contribution is 9.09. The topological polar surface area (TPSA) is 9.23 Å². The van der Waals surface area contributed by atoms with Gasteiger partial charge in [-0.2, -0.15) is 0 Å². The Balaban J connectivity index is 2.19. The SMILES string of the molecule is COc1cc(C(Br)Cc2ccc(Cl)c(Cl)c2)ccc1C. The molecule has 2 aromatic carbocycles. The molecule has 106 valence electrons. The Morgan fingerprint density at radius 2 is 1.85 bits per heavy atom. The molecule has 0 aliphatic carbocycles. The molecule has 1 nitrogen and oxygen atoms in total. The summed E-state index contributed by atoms with van der Waals surface area (Å²) in [5, 5.41) is 1.17. The number of hydrogen-bond acceptors (Lipinski definition) is 1. The normalized spacial score (nSPS) is 12.2. The van der Waals surface area contributed by atoms with Crippen LogP contribution in [0.3, 0.4) is 0 Å². The predicted octanol–water partition coefficient (Wildman–Crippen LogP) is 5.99. The van der Waals surface area contributed by atoms with E-state index < -0.39 is 0 Å². The second-order valence-electron chi connectivity index (χ2n) is 4.65. The molecule has 0 aliphatic rings. The zero-order valence-corrected chi connectivity index (χ0v) is 14.4. The van der Waals surface area contributed by atoms with Gasteiger partial charge in [0.15, 0.2) is 0 Å². The van der Waals surface area contributed by atoms with E-state index in [-0.39, 0.29) is 4.83 Å². The summed E-state index contributed by atoms with van der Waals surface area (Å²) in [4.78, 5) is 0.203. The third-order valence-electron chi connectivity index (χ3n) is 3.19. The van der Waals surface area contributed by atoms with Crippen molar-refractivity contribution < 1.29 is 4.74 Å². The lowest BCUT2D eigenvalue weighted by Crippen LogP contribution is -1.97. The van der Waals surface area contributed by atoms with Crippen LogP contribution in [0.5, 0.6) is 5.75 Å². The summed E-state index contributed by atoms with van der Waals surface area (Å²) < 4.78 is 5.36. The van der Waals surface area contributed by atoms with Crippen molar-refractivity contribution in [3.63, 3.8) is 0 Å². The molecule has 0 aliphatic heterocycles. The van der Waals surface area contributed by atoms with Crippen molar-refractivity contribution >= 4 is 39.1 Å². The van der Waals surface area contributed by atoms with Crippen molar-refractivity contribution in [1.29, 1.82) is 0 Å². The molecular weight excluding hydrogens is 359 g/mol. The van der Waals surface area contributed by atoms with E-state index in [1.165, 1.54) is 5.56 Å². The largest absolute Gasteiger partial charge is 0.496 e. The fourth-order valence-electron chi connectivity index (χ4n) is 2.02. The number of alkyl halides is 1. The maximum Gasteiger partial charge on any atom is 0.122 e. The van der Waals surface area contributed by atoms with E-state index in [0.29, 0.717) is 10.0 Å². The highest BCUT2D eigenvalue weighted by atomic mass is 79.9. The molecule has 2 rings (SSSR count). The summed E-state index contributed by atoms with van der Waals surface area (Å²) in [6.45, 7) is 2.03. The van der Waals surface area contributed by atoms with Crippen LogP contribution in [-0.4, -0.2) is 7.11 Å². The number of halogens is 3. The van der Waals surface area contributed by atoms with Gasteiger partial charge < -0.3 is 4.74 Å². The third-order valence-corrected chi connectivity index (χ3v) is 4.78. The van der Waals surface area contributed by atoms with Gasteiger partial charge in [-0.3, -0.25) is 0 Å². The van der Waals surface area contributed by atoms with Crippen LogP contribution in [0.25, 0.3) is 0 Å². The van der Waals surface area contributed by atoms with Gasteiger partial charge in [0.25, 0.3) is 0 Å². The van der Waals surface area contributed by atoms with E-state index in [2.05, 4.69) is 34.1 Å². The van der Waals surface area contributed by atoms with Crippen LogP contribution in [0.2, 0.25) is 10.0 Å². The Bertz CT molecular complexity index is 613. The van der Waals surface area contributed by atoms with E-state index in [9.17, 15) is 0 Å². The average molecular weight is 374 g/mol. The van der Waals surface area contributed by atoms with Gasteiger partial charge in [-0.05, 0) is 48.2 Å². The number of hydrogen-bond donors (Lipinski definition) is 0. The molecule has 0 heterocycles. The standard InChI is InChI=1S/C16H15BrCl2O/c1-10-3-5-12(9-16(10)20-2)13(17)7-11-4-6-14(18)15(19)8-11/h3-6,8-9,13H,7H2,1-2H3. The molecule has 0 spiro atoms. The second-order valence-corrected chi connectivity index (χ2v) is 6.57. The Morgan fingerprint density at radius 1 is 1.10 bits per heavy atom. The highest BCUT2D eigenvalue weighted by Crippen LogP contribution is 2.32. The minimum atomic E-state index is 0.203. The number of methoxy groups -OCH3 is 1. The van der Waals surface area contributed by atoms with Crippen LogP contribution in [-0.2, 0) is 6.42 Å². The Hall–Kier alpha value is -0.700. The molecule has 2 aromatic rings. The second kappa shape index (κ2) is 6.84. The van der Waals surface area contributed by atoms with E-state index in [4.69, 9.17) is 27.9 Å². The van der Waals surface area contributed by atoms with Crippen molar-refractivity contribution in [1.82, 2.24) is 0 Å². The summed E-state index contributed by atoms with van der Waals surface area (Å²) in [7, 11) is 1.69. The van der Waals surface area contributed by atoms with Crippen LogP contribution in [0.1, 0.15) is 21.5 Å². The van der Waals surface area contributed by atoms with E-state index in [0.717, 1.165) is 23.3 Å². The predicted molar refractivity (Wildman–Crippen MR) is 89.6 cm³/mol. The third kappa shape index (κ3) is 3.69. The lowest BCUT2D eigenvalue weighted by Gasteiger charge is -2.13. The average Bonchev–Trinajstić information content (AvgIpc) is 2.43. The molecule has 0 amide bonds. The van der Waals surface area contributed by atoms with Crippen molar-refractivity contribution in [2.24, 2.45) is 0 Å². The minimum absolute atomic E-state index is 0.203. The number of ether oxygens (including phenoxy) is 1. The van der Waals surface area contributed by atoms with E-state index >= 15 is 0 Å². The molecule has 0 bridgehead atoms. The van der Waals surface area contributed by atoms with Crippen LogP contribution in [0.4, 0.5) is 0 Å². The van der Waals surface area contributed by atoms with Crippen molar-refractivity contribution in [2.45, 2.75) is 18.2 Å². The Morgan fingerprint density at radius 3 is 2.50 bits per heavy atom. The van der Waals surface area contributed by atoms with Crippen LogP contribution in [0.15, 0.2) is 36.4 Å². The zero-order chi connectivity index (χ0) is 14.7. The van der Waals surface area contributed by atoms with Gasteiger partial charge in [0.05, 0.1) is 17.2 Å². The summed E-state index contributed by atoms with van der Waals surface area (Å²) >= 11 is 15.7. The molecule has 0 aromatic heterocycles. The van der Waals surface area contributed by atoms with Gasteiger partial charge in [0.2, 0.25) is 0 Å².